The summed E-state index contributed by atoms with van der Waals surface area (Å²) in [6, 6.07) is 10.3. The van der Waals surface area contributed by atoms with Gasteiger partial charge in [0.15, 0.2) is 0 Å². The van der Waals surface area contributed by atoms with Gasteiger partial charge in [-0.25, -0.2) is 0 Å². The van der Waals surface area contributed by atoms with E-state index in [4.69, 9.17) is 4.74 Å². The smallest absolute Gasteiger partial charge is 0.320 e. The molecule has 0 spiro atoms. The van der Waals surface area contributed by atoms with Gasteiger partial charge in [-0.15, -0.1) is 0 Å². The Bertz CT molecular complexity index is 486. The van der Waals surface area contributed by atoms with Crippen molar-refractivity contribution in [1.29, 1.82) is 0 Å². The van der Waals surface area contributed by atoms with Crippen LogP contribution < -0.4 is 5.32 Å². The standard InChI is InChI=1S/C20H31NO2/c1-14(2)18-11-10-15(3)12-19(18)23-20(22)13-21-16(4)17-8-6-5-7-9-17/h5-9,14-16,18-19,21H,10-13H2,1-4H3/t15?,16-,18?,19?/m1/s1. The van der Waals surface area contributed by atoms with E-state index in [1.54, 1.807) is 0 Å². The van der Waals surface area contributed by atoms with Crippen LogP contribution >= 0.6 is 0 Å². The van der Waals surface area contributed by atoms with Crippen molar-refractivity contribution < 1.29 is 9.53 Å². The van der Waals surface area contributed by atoms with E-state index in [9.17, 15) is 4.79 Å². The molecule has 1 aliphatic rings. The van der Waals surface area contributed by atoms with Crippen LogP contribution in [-0.4, -0.2) is 18.6 Å². The molecule has 0 heterocycles. The van der Waals surface area contributed by atoms with Crippen LogP contribution in [0.25, 0.3) is 0 Å². The van der Waals surface area contributed by atoms with Crippen LogP contribution in [0.5, 0.6) is 0 Å². The molecule has 0 radical (unpaired) electrons. The summed E-state index contributed by atoms with van der Waals surface area (Å²) in [6.45, 7) is 9.06. The Labute approximate surface area is 140 Å². The maximum Gasteiger partial charge on any atom is 0.320 e. The fourth-order valence-electron chi connectivity index (χ4n) is 3.56. The van der Waals surface area contributed by atoms with E-state index < -0.39 is 0 Å². The summed E-state index contributed by atoms with van der Waals surface area (Å²) in [5.74, 6) is 1.59. The fraction of sp³-hybridized carbons (Fsp3) is 0.650. The number of hydrogen-bond acceptors (Lipinski definition) is 3. The molecule has 4 atom stereocenters. The Hall–Kier alpha value is -1.35. The van der Waals surface area contributed by atoms with E-state index >= 15 is 0 Å². The van der Waals surface area contributed by atoms with Gasteiger partial charge in [-0.05, 0) is 43.1 Å². The van der Waals surface area contributed by atoms with Crippen molar-refractivity contribution >= 4 is 5.97 Å². The van der Waals surface area contributed by atoms with Gasteiger partial charge in [-0.2, -0.15) is 0 Å². The van der Waals surface area contributed by atoms with Crippen molar-refractivity contribution in [2.24, 2.45) is 17.8 Å². The summed E-state index contributed by atoms with van der Waals surface area (Å²) in [5.41, 5.74) is 1.19. The predicted octanol–water partition coefficient (Wildman–Crippen LogP) is 4.34. The molecule has 1 aromatic carbocycles. The summed E-state index contributed by atoms with van der Waals surface area (Å²) in [5, 5.41) is 3.27. The zero-order valence-corrected chi connectivity index (χ0v) is 14.9. The van der Waals surface area contributed by atoms with Gasteiger partial charge in [0.05, 0.1) is 6.54 Å². The Morgan fingerprint density at radius 1 is 1.22 bits per heavy atom. The zero-order chi connectivity index (χ0) is 16.8. The molecule has 1 aliphatic carbocycles. The molecule has 0 bridgehead atoms. The second-order valence-corrected chi connectivity index (χ2v) is 7.37. The van der Waals surface area contributed by atoms with Gasteiger partial charge in [0.25, 0.3) is 0 Å². The maximum atomic E-state index is 12.2. The van der Waals surface area contributed by atoms with E-state index in [0.29, 0.717) is 17.8 Å². The molecular formula is C20H31NO2. The third-order valence-electron chi connectivity index (χ3n) is 5.10. The molecule has 1 saturated carbocycles. The molecule has 0 aliphatic heterocycles. The highest BCUT2D eigenvalue weighted by atomic mass is 16.5. The molecule has 128 valence electrons. The number of carbonyl (C=O) groups excluding carboxylic acids is 1. The zero-order valence-electron chi connectivity index (χ0n) is 14.9. The lowest BCUT2D eigenvalue weighted by Crippen LogP contribution is -2.38. The van der Waals surface area contributed by atoms with Gasteiger partial charge in [0.1, 0.15) is 6.10 Å². The summed E-state index contributed by atoms with van der Waals surface area (Å²) >= 11 is 0. The Kier molecular flexibility index (Phi) is 6.64. The molecule has 1 aromatic rings. The summed E-state index contributed by atoms with van der Waals surface area (Å²) in [4.78, 5) is 12.2. The summed E-state index contributed by atoms with van der Waals surface area (Å²) < 4.78 is 5.82. The number of esters is 1. The van der Waals surface area contributed by atoms with E-state index in [-0.39, 0.29) is 24.7 Å². The van der Waals surface area contributed by atoms with Crippen LogP contribution in [0.4, 0.5) is 0 Å². The minimum Gasteiger partial charge on any atom is -0.461 e. The Balaban J connectivity index is 1.83. The Morgan fingerprint density at radius 3 is 2.57 bits per heavy atom. The van der Waals surface area contributed by atoms with Gasteiger partial charge in [0, 0.05) is 6.04 Å². The van der Waals surface area contributed by atoms with Crippen molar-refractivity contribution in [3.05, 3.63) is 35.9 Å². The molecule has 1 fully saturated rings. The van der Waals surface area contributed by atoms with Crippen molar-refractivity contribution in [1.82, 2.24) is 5.32 Å². The highest BCUT2D eigenvalue weighted by molar-refractivity contribution is 5.72. The van der Waals surface area contributed by atoms with Crippen LogP contribution in [0, 0.1) is 17.8 Å². The predicted molar refractivity (Wildman–Crippen MR) is 94.1 cm³/mol. The first-order valence-electron chi connectivity index (χ1n) is 8.95. The van der Waals surface area contributed by atoms with Crippen molar-refractivity contribution in [2.45, 2.75) is 59.1 Å². The average molecular weight is 317 g/mol. The van der Waals surface area contributed by atoms with Gasteiger partial charge in [-0.3, -0.25) is 4.79 Å². The van der Waals surface area contributed by atoms with Crippen LogP contribution in [-0.2, 0) is 9.53 Å². The number of ether oxygens (including phenoxy) is 1. The van der Waals surface area contributed by atoms with Crippen LogP contribution in [0.3, 0.4) is 0 Å². The second-order valence-electron chi connectivity index (χ2n) is 7.37. The minimum absolute atomic E-state index is 0.0834. The number of carbonyl (C=O) groups is 1. The number of rotatable bonds is 6. The van der Waals surface area contributed by atoms with Crippen LogP contribution in [0.2, 0.25) is 0 Å². The number of hydrogen-bond donors (Lipinski definition) is 1. The average Bonchev–Trinajstić information content (AvgIpc) is 2.53. The van der Waals surface area contributed by atoms with E-state index in [2.05, 4.69) is 45.1 Å². The van der Waals surface area contributed by atoms with E-state index in [0.717, 1.165) is 6.42 Å². The minimum atomic E-state index is -0.127. The molecule has 23 heavy (non-hydrogen) atoms. The van der Waals surface area contributed by atoms with Gasteiger partial charge in [-0.1, -0.05) is 57.5 Å². The van der Waals surface area contributed by atoms with Crippen molar-refractivity contribution in [3.63, 3.8) is 0 Å². The first kappa shape index (κ1) is 18.0. The summed E-state index contributed by atoms with van der Waals surface area (Å²) in [6.07, 6.45) is 3.51. The van der Waals surface area contributed by atoms with Gasteiger partial charge in [0.2, 0.25) is 0 Å². The molecule has 0 amide bonds. The molecule has 0 aromatic heterocycles. The largest absolute Gasteiger partial charge is 0.461 e. The third-order valence-corrected chi connectivity index (χ3v) is 5.10. The number of benzene rings is 1. The van der Waals surface area contributed by atoms with Crippen LogP contribution in [0.1, 0.15) is 58.6 Å². The molecule has 3 unspecified atom stereocenters. The molecule has 1 N–H and O–H groups in total. The van der Waals surface area contributed by atoms with Crippen molar-refractivity contribution in [3.8, 4) is 0 Å². The van der Waals surface area contributed by atoms with Gasteiger partial charge >= 0.3 is 5.97 Å². The number of nitrogens with one attached hydrogen (secondary N) is 1. The van der Waals surface area contributed by atoms with E-state index in [1.807, 2.05) is 18.2 Å². The quantitative estimate of drug-likeness (QED) is 0.793. The lowest BCUT2D eigenvalue weighted by molar-refractivity contribution is -0.154. The second kappa shape index (κ2) is 8.49. The lowest BCUT2D eigenvalue weighted by Gasteiger charge is -2.36. The SMILES string of the molecule is CC1CCC(C(C)C)C(OC(=O)CN[C@H](C)c2ccccc2)C1. The normalized spacial score (nSPS) is 26.0. The molecule has 2 rings (SSSR count). The first-order chi connectivity index (χ1) is 11.0. The molecule has 3 nitrogen and oxygen atoms in total. The lowest BCUT2D eigenvalue weighted by atomic mass is 9.75. The van der Waals surface area contributed by atoms with Gasteiger partial charge < -0.3 is 10.1 Å². The molecule has 3 heteroatoms. The first-order valence-corrected chi connectivity index (χ1v) is 8.95. The molecule has 0 saturated heterocycles. The Morgan fingerprint density at radius 2 is 1.91 bits per heavy atom. The van der Waals surface area contributed by atoms with E-state index in [1.165, 1.54) is 18.4 Å². The maximum absolute atomic E-state index is 12.2. The molecular weight excluding hydrogens is 286 g/mol. The third kappa shape index (κ3) is 5.35. The van der Waals surface area contributed by atoms with Crippen LogP contribution in [0.15, 0.2) is 30.3 Å². The topological polar surface area (TPSA) is 38.3 Å². The summed E-state index contributed by atoms with van der Waals surface area (Å²) in [7, 11) is 0. The highest BCUT2D eigenvalue weighted by Gasteiger charge is 2.33. The monoisotopic (exact) mass is 317 g/mol. The fourth-order valence-corrected chi connectivity index (χ4v) is 3.56. The highest BCUT2D eigenvalue weighted by Crippen LogP contribution is 2.35. The van der Waals surface area contributed by atoms with Crippen molar-refractivity contribution in [2.75, 3.05) is 6.54 Å².